The number of furan rings is 2. The molecule has 9 aromatic carbocycles. The zero-order valence-electron chi connectivity index (χ0n) is 31.0. The van der Waals surface area contributed by atoms with Gasteiger partial charge in [0.05, 0.1) is 11.1 Å². The molecule has 11 rings (SSSR count). The molecule has 0 unspecified atom stereocenters. The molecule has 3 nitrogen and oxygen atoms in total. The van der Waals surface area contributed by atoms with E-state index in [1.165, 1.54) is 0 Å². The first kappa shape index (κ1) is 32.8. The maximum Gasteiger partial charge on any atom is 0.145 e. The highest BCUT2D eigenvalue weighted by Gasteiger charge is 2.24. The van der Waals surface area contributed by atoms with Gasteiger partial charge in [-0.05, 0) is 99.6 Å². The molecule has 2 aromatic heterocycles. The summed E-state index contributed by atoms with van der Waals surface area (Å²) in [7, 11) is 0. The predicted molar refractivity (Wildman–Crippen MR) is 237 cm³/mol. The van der Waals surface area contributed by atoms with Crippen LogP contribution in [0.2, 0.25) is 0 Å². The molecule has 0 radical (unpaired) electrons. The zero-order chi connectivity index (χ0) is 37.7. The van der Waals surface area contributed by atoms with Gasteiger partial charge in [-0.25, -0.2) is 0 Å². The van der Waals surface area contributed by atoms with Gasteiger partial charge in [0, 0.05) is 39.2 Å². The van der Waals surface area contributed by atoms with Gasteiger partial charge in [-0.3, -0.25) is 0 Å². The van der Waals surface area contributed by atoms with Gasteiger partial charge in [-0.2, -0.15) is 0 Å². The Bertz CT molecular complexity index is 3220. The quantitative estimate of drug-likeness (QED) is 0.164. The standard InChI is InChI=1S/C54H35NO2/c1-5-14-36(15-6-1)40-22-13-23-43(32-40)55(44-26-29-47-46-27-24-41(37-16-7-2-8-17-37)33-50(46)56-52(47)35-44)49-31-30-45(39-20-11-4-12-21-39)54-53(49)48-28-25-42(34-51(48)57-54)38-18-9-3-10-19-38/h1-35H. The van der Waals surface area contributed by atoms with Crippen LogP contribution in [-0.2, 0) is 0 Å². The molecule has 0 bridgehead atoms. The van der Waals surface area contributed by atoms with Gasteiger partial charge in [0.2, 0.25) is 0 Å². The molecule has 0 spiro atoms. The van der Waals surface area contributed by atoms with Crippen LogP contribution in [0.3, 0.4) is 0 Å². The van der Waals surface area contributed by atoms with Crippen LogP contribution in [0.15, 0.2) is 221 Å². The van der Waals surface area contributed by atoms with Crippen LogP contribution < -0.4 is 4.90 Å². The summed E-state index contributed by atoms with van der Waals surface area (Å²) >= 11 is 0. The molecule has 0 fully saturated rings. The van der Waals surface area contributed by atoms with Crippen LogP contribution in [-0.4, -0.2) is 0 Å². The Hall–Kier alpha value is -7.62. The fraction of sp³-hybridized carbons (Fsp3) is 0. The number of fused-ring (bicyclic) bond motifs is 6. The van der Waals surface area contributed by atoms with E-state index >= 15 is 0 Å². The summed E-state index contributed by atoms with van der Waals surface area (Å²) in [5.74, 6) is 0. The van der Waals surface area contributed by atoms with E-state index in [1.807, 2.05) is 12.1 Å². The molecule has 0 aliphatic rings. The Kier molecular flexibility index (Phi) is 7.82. The maximum absolute atomic E-state index is 6.97. The topological polar surface area (TPSA) is 29.5 Å². The molecule has 0 atom stereocenters. The highest BCUT2D eigenvalue weighted by atomic mass is 16.3. The summed E-state index contributed by atoms with van der Waals surface area (Å²) < 4.78 is 13.7. The zero-order valence-corrected chi connectivity index (χ0v) is 31.0. The van der Waals surface area contributed by atoms with Crippen molar-refractivity contribution in [2.24, 2.45) is 0 Å². The lowest BCUT2D eigenvalue weighted by Gasteiger charge is -2.27. The summed E-state index contributed by atoms with van der Waals surface area (Å²) in [6.07, 6.45) is 0. The van der Waals surface area contributed by atoms with Gasteiger partial charge in [0.25, 0.3) is 0 Å². The Balaban J connectivity index is 1.16. The summed E-state index contributed by atoms with van der Waals surface area (Å²) in [5, 5.41) is 4.28. The third kappa shape index (κ3) is 5.76. The SMILES string of the molecule is c1ccc(-c2cccc(N(c3ccc4c(c3)oc3cc(-c5ccccc5)ccc34)c3ccc(-c4ccccc4)c4oc5cc(-c6ccccc6)ccc5c34)c2)cc1. The number of hydrogen-bond acceptors (Lipinski definition) is 3. The molecule has 0 aliphatic carbocycles. The smallest absolute Gasteiger partial charge is 0.145 e. The van der Waals surface area contributed by atoms with Crippen LogP contribution in [0.4, 0.5) is 17.1 Å². The fourth-order valence-corrected chi connectivity index (χ4v) is 8.30. The van der Waals surface area contributed by atoms with Gasteiger partial charge in [0.15, 0.2) is 0 Å². The van der Waals surface area contributed by atoms with E-state index in [1.54, 1.807) is 0 Å². The summed E-state index contributed by atoms with van der Waals surface area (Å²) in [4.78, 5) is 2.35. The van der Waals surface area contributed by atoms with E-state index in [-0.39, 0.29) is 0 Å². The van der Waals surface area contributed by atoms with Crippen molar-refractivity contribution in [2.45, 2.75) is 0 Å². The van der Waals surface area contributed by atoms with E-state index in [4.69, 9.17) is 8.83 Å². The van der Waals surface area contributed by atoms with E-state index in [0.717, 1.165) is 105 Å². The molecule has 57 heavy (non-hydrogen) atoms. The molecular formula is C54H35NO2. The van der Waals surface area contributed by atoms with Crippen molar-refractivity contribution in [3.63, 3.8) is 0 Å². The molecule has 0 saturated heterocycles. The maximum atomic E-state index is 6.97. The predicted octanol–water partition coefficient (Wildman–Crippen LogP) is 15.6. The van der Waals surface area contributed by atoms with E-state index in [2.05, 4.69) is 205 Å². The lowest BCUT2D eigenvalue weighted by atomic mass is 9.98. The molecule has 0 saturated carbocycles. The van der Waals surface area contributed by atoms with Gasteiger partial charge >= 0.3 is 0 Å². The van der Waals surface area contributed by atoms with Crippen LogP contribution in [0.5, 0.6) is 0 Å². The number of rotatable bonds is 7. The molecule has 11 aromatic rings. The van der Waals surface area contributed by atoms with Gasteiger partial charge in [-0.15, -0.1) is 0 Å². The average molecular weight is 730 g/mol. The Morgan fingerprint density at radius 1 is 0.298 bits per heavy atom. The van der Waals surface area contributed by atoms with Crippen molar-refractivity contribution in [2.75, 3.05) is 4.90 Å². The molecule has 0 amide bonds. The van der Waals surface area contributed by atoms with E-state index < -0.39 is 0 Å². The van der Waals surface area contributed by atoms with Crippen molar-refractivity contribution < 1.29 is 8.83 Å². The van der Waals surface area contributed by atoms with Crippen molar-refractivity contribution in [3.05, 3.63) is 212 Å². The average Bonchev–Trinajstić information content (AvgIpc) is 3.86. The second kappa shape index (κ2) is 13.6. The van der Waals surface area contributed by atoms with Crippen molar-refractivity contribution in [1.29, 1.82) is 0 Å². The number of hydrogen-bond donors (Lipinski definition) is 0. The minimum atomic E-state index is 0.832. The minimum absolute atomic E-state index is 0.832. The highest BCUT2D eigenvalue weighted by molar-refractivity contribution is 6.18. The molecule has 0 aliphatic heterocycles. The summed E-state index contributed by atoms with van der Waals surface area (Å²) in [6.45, 7) is 0. The Morgan fingerprint density at radius 2 is 0.772 bits per heavy atom. The highest BCUT2D eigenvalue weighted by Crippen LogP contribution is 2.48. The fourth-order valence-electron chi connectivity index (χ4n) is 8.30. The second-order valence-corrected chi connectivity index (χ2v) is 14.5. The van der Waals surface area contributed by atoms with Gasteiger partial charge in [-0.1, -0.05) is 146 Å². The van der Waals surface area contributed by atoms with Gasteiger partial charge < -0.3 is 13.7 Å². The molecular weight excluding hydrogens is 695 g/mol. The number of nitrogens with zero attached hydrogens (tertiary/aromatic N) is 1. The summed E-state index contributed by atoms with van der Waals surface area (Å²) in [5.41, 5.74) is 15.4. The largest absolute Gasteiger partial charge is 0.456 e. The van der Waals surface area contributed by atoms with Crippen LogP contribution in [0, 0.1) is 0 Å². The Morgan fingerprint density at radius 3 is 1.39 bits per heavy atom. The van der Waals surface area contributed by atoms with E-state index in [0.29, 0.717) is 0 Å². The summed E-state index contributed by atoms with van der Waals surface area (Å²) in [6, 6.07) is 74.9. The first-order valence-electron chi connectivity index (χ1n) is 19.3. The molecule has 268 valence electrons. The third-order valence-corrected chi connectivity index (χ3v) is 11.1. The molecule has 3 heteroatoms. The first-order valence-corrected chi connectivity index (χ1v) is 19.3. The number of benzene rings is 9. The van der Waals surface area contributed by atoms with Crippen molar-refractivity contribution in [1.82, 2.24) is 0 Å². The van der Waals surface area contributed by atoms with Gasteiger partial charge in [0.1, 0.15) is 22.3 Å². The molecule has 0 N–H and O–H groups in total. The van der Waals surface area contributed by atoms with E-state index in [9.17, 15) is 0 Å². The first-order chi connectivity index (χ1) is 28.2. The molecule has 2 heterocycles. The van der Waals surface area contributed by atoms with Crippen molar-refractivity contribution >= 4 is 60.9 Å². The van der Waals surface area contributed by atoms with Crippen LogP contribution >= 0.6 is 0 Å². The lowest BCUT2D eigenvalue weighted by Crippen LogP contribution is -2.10. The lowest BCUT2D eigenvalue weighted by molar-refractivity contribution is 0.669. The van der Waals surface area contributed by atoms with Crippen LogP contribution in [0.25, 0.3) is 88.4 Å². The minimum Gasteiger partial charge on any atom is -0.456 e. The Labute approximate surface area is 330 Å². The van der Waals surface area contributed by atoms with Crippen molar-refractivity contribution in [3.8, 4) is 44.5 Å². The van der Waals surface area contributed by atoms with Crippen LogP contribution in [0.1, 0.15) is 0 Å². The normalized spacial score (nSPS) is 11.5. The monoisotopic (exact) mass is 729 g/mol. The third-order valence-electron chi connectivity index (χ3n) is 11.1. The number of anilines is 3. The second-order valence-electron chi connectivity index (χ2n) is 14.5.